The molecule has 0 atom stereocenters. The maximum absolute atomic E-state index is 11.3. The Balaban J connectivity index is 2.58. The molecular formula is C11H10N2O. The molecule has 0 spiro atoms. The van der Waals surface area contributed by atoms with E-state index in [4.69, 9.17) is 0 Å². The Labute approximate surface area is 81.8 Å². The summed E-state index contributed by atoms with van der Waals surface area (Å²) in [4.78, 5) is 18.4. The summed E-state index contributed by atoms with van der Waals surface area (Å²) >= 11 is 0. The van der Waals surface area contributed by atoms with E-state index in [9.17, 15) is 4.79 Å². The SMILES string of the molecule is CC(=O)c1ccccc1-c1ncc[nH]1. The first-order chi connectivity index (χ1) is 6.79. The molecule has 0 radical (unpaired) electrons. The van der Waals surface area contributed by atoms with Gasteiger partial charge >= 0.3 is 0 Å². The molecule has 0 amide bonds. The number of imidazole rings is 1. The van der Waals surface area contributed by atoms with E-state index in [1.54, 1.807) is 25.4 Å². The van der Waals surface area contributed by atoms with Gasteiger partial charge in [-0.05, 0) is 6.92 Å². The van der Waals surface area contributed by atoms with E-state index in [0.717, 1.165) is 11.4 Å². The maximum atomic E-state index is 11.3. The van der Waals surface area contributed by atoms with Crippen molar-refractivity contribution in [1.29, 1.82) is 0 Å². The van der Waals surface area contributed by atoms with Gasteiger partial charge in [-0.2, -0.15) is 0 Å². The van der Waals surface area contributed by atoms with E-state index in [1.807, 2.05) is 18.2 Å². The highest BCUT2D eigenvalue weighted by Crippen LogP contribution is 2.19. The number of nitrogens with one attached hydrogen (secondary N) is 1. The molecule has 2 rings (SSSR count). The van der Waals surface area contributed by atoms with Crippen LogP contribution in [-0.4, -0.2) is 15.8 Å². The van der Waals surface area contributed by atoms with Gasteiger partial charge in [0.1, 0.15) is 5.82 Å². The lowest BCUT2D eigenvalue weighted by molar-refractivity contribution is 0.101. The summed E-state index contributed by atoms with van der Waals surface area (Å²) in [6.07, 6.45) is 3.42. The van der Waals surface area contributed by atoms with Crippen molar-refractivity contribution in [3.05, 3.63) is 42.2 Å². The van der Waals surface area contributed by atoms with Gasteiger partial charge in [0.15, 0.2) is 5.78 Å². The van der Waals surface area contributed by atoms with Gasteiger partial charge in [-0.25, -0.2) is 4.98 Å². The van der Waals surface area contributed by atoms with Gasteiger partial charge in [-0.1, -0.05) is 24.3 Å². The molecule has 0 fully saturated rings. The van der Waals surface area contributed by atoms with Crippen molar-refractivity contribution in [2.75, 3.05) is 0 Å². The molecule has 0 unspecified atom stereocenters. The number of H-pyrrole nitrogens is 1. The van der Waals surface area contributed by atoms with Crippen molar-refractivity contribution < 1.29 is 4.79 Å². The summed E-state index contributed by atoms with van der Waals surface area (Å²) in [7, 11) is 0. The number of hydrogen-bond acceptors (Lipinski definition) is 2. The number of aromatic nitrogens is 2. The normalized spacial score (nSPS) is 10.1. The minimum absolute atomic E-state index is 0.0528. The molecule has 3 nitrogen and oxygen atoms in total. The Hall–Kier alpha value is -1.90. The molecular weight excluding hydrogens is 176 g/mol. The van der Waals surface area contributed by atoms with Gasteiger partial charge in [0.25, 0.3) is 0 Å². The van der Waals surface area contributed by atoms with Crippen LogP contribution in [0.5, 0.6) is 0 Å². The molecule has 2 aromatic rings. The number of hydrogen-bond donors (Lipinski definition) is 1. The summed E-state index contributed by atoms with van der Waals surface area (Å²) in [5, 5.41) is 0. The highest BCUT2D eigenvalue weighted by Gasteiger charge is 2.08. The number of aromatic amines is 1. The Kier molecular flexibility index (Phi) is 2.14. The van der Waals surface area contributed by atoms with Crippen LogP contribution in [0.25, 0.3) is 11.4 Å². The van der Waals surface area contributed by atoms with Crippen molar-refractivity contribution >= 4 is 5.78 Å². The summed E-state index contributed by atoms with van der Waals surface area (Å²) in [5.74, 6) is 0.785. The third kappa shape index (κ3) is 1.44. The largest absolute Gasteiger partial charge is 0.345 e. The number of benzene rings is 1. The summed E-state index contributed by atoms with van der Waals surface area (Å²) < 4.78 is 0. The minimum atomic E-state index is 0.0528. The third-order valence-electron chi connectivity index (χ3n) is 2.06. The van der Waals surface area contributed by atoms with E-state index in [1.165, 1.54) is 0 Å². The van der Waals surface area contributed by atoms with Crippen LogP contribution in [0.4, 0.5) is 0 Å². The molecule has 70 valence electrons. The zero-order valence-corrected chi connectivity index (χ0v) is 7.82. The number of Topliss-reactive ketones (excluding diaryl/α,β-unsaturated/α-hetero) is 1. The zero-order valence-electron chi connectivity index (χ0n) is 7.82. The smallest absolute Gasteiger partial charge is 0.160 e. The van der Waals surface area contributed by atoms with Gasteiger partial charge in [-0.15, -0.1) is 0 Å². The summed E-state index contributed by atoms with van der Waals surface area (Å²) in [5.41, 5.74) is 1.55. The number of ketones is 1. The molecule has 0 saturated carbocycles. The van der Waals surface area contributed by atoms with Crippen LogP contribution in [0.1, 0.15) is 17.3 Å². The second kappa shape index (κ2) is 3.46. The molecule has 0 aliphatic carbocycles. The van der Waals surface area contributed by atoms with Crippen LogP contribution in [0.3, 0.4) is 0 Å². The first kappa shape index (κ1) is 8.69. The quantitative estimate of drug-likeness (QED) is 0.731. The molecule has 14 heavy (non-hydrogen) atoms. The van der Waals surface area contributed by atoms with Crippen LogP contribution in [0.15, 0.2) is 36.7 Å². The van der Waals surface area contributed by atoms with Crippen molar-refractivity contribution in [1.82, 2.24) is 9.97 Å². The van der Waals surface area contributed by atoms with Crippen LogP contribution in [0, 0.1) is 0 Å². The first-order valence-corrected chi connectivity index (χ1v) is 4.39. The van der Waals surface area contributed by atoms with Crippen molar-refractivity contribution in [2.45, 2.75) is 6.92 Å². The zero-order chi connectivity index (χ0) is 9.97. The maximum Gasteiger partial charge on any atom is 0.160 e. The lowest BCUT2D eigenvalue weighted by Crippen LogP contribution is -1.96. The minimum Gasteiger partial charge on any atom is -0.345 e. The Morgan fingerprint density at radius 3 is 2.79 bits per heavy atom. The molecule has 1 aromatic carbocycles. The number of carbonyl (C=O) groups is 1. The molecule has 0 bridgehead atoms. The fourth-order valence-electron chi connectivity index (χ4n) is 1.41. The lowest BCUT2D eigenvalue weighted by Gasteiger charge is -2.02. The van der Waals surface area contributed by atoms with Gasteiger partial charge in [-0.3, -0.25) is 4.79 Å². The van der Waals surface area contributed by atoms with Gasteiger partial charge in [0, 0.05) is 23.5 Å². The van der Waals surface area contributed by atoms with Gasteiger partial charge in [0.05, 0.1) is 0 Å². The van der Waals surface area contributed by atoms with E-state index < -0.39 is 0 Å². The monoisotopic (exact) mass is 186 g/mol. The van der Waals surface area contributed by atoms with Crippen molar-refractivity contribution in [3.63, 3.8) is 0 Å². The van der Waals surface area contributed by atoms with E-state index in [0.29, 0.717) is 5.56 Å². The molecule has 3 heteroatoms. The number of rotatable bonds is 2. The summed E-state index contributed by atoms with van der Waals surface area (Å²) in [6, 6.07) is 7.43. The lowest BCUT2D eigenvalue weighted by atomic mass is 10.0. The van der Waals surface area contributed by atoms with Crippen molar-refractivity contribution in [2.24, 2.45) is 0 Å². The third-order valence-corrected chi connectivity index (χ3v) is 2.06. The average Bonchev–Trinajstić information content (AvgIpc) is 2.70. The Morgan fingerprint density at radius 1 is 1.36 bits per heavy atom. The van der Waals surface area contributed by atoms with Gasteiger partial charge < -0.3 is 4.98 Å². The number of nitrogens with zero attached hydrogens (tertiary/aromatic N) is 1. The second-order valence-corrected chi connectivity index (χ2v) is 3.04. The van der Waals surface area contributed by atoms with E-state index in [-0.39, 0.29) is 5.78 Å². The average molecular weight is 186 g/mol. The molecule has 0 saturated heterocycles. The highest BCUT2D eigenvalue weighted by atomic mass is 16.1. The fourth-order valence-corrected chi connectivity index (χ4v) is 1.41. The van der Waals surface area contributed by atoms with Gasteiger partial charge in [0.2, 0.25) is 0 Å². The molecule has 1 heterocycles. The first-order valence-electron chi connectivity index (χ1n) is 4.39. The standard InChI is InChI=1S/C11H10N2O/c1-8(14)9-4-2-3-5-10(9)11-12-6-7-13-11/h2-7H,1H3,(H,12,13). The Bertz CT molecular complexity index is 446. The van der Waals surface area contributed by atoms with Crippen LogP contribution in [0.2, 0.25) is 0 Å². The Morgan fingerprint density at radius 2 is 2.14 bits per heavy atom. The number of carbonyl (C=O) groups excluding carboxylic acids is 1. The topological polar surface area (TPSA) is 45.8 Å². The highest BCUT2D eigenvalue weighted by molar-refractivity contribution is 5.99. The second-order valence-electron chi connectivity index (χ2n) is 3.04. The van der Waals surface area contributed by atoms with Crippen LogP contribution in [-0.2, 0) is 0 Å². The predicted octanol–water partition coefficient (Wildman–Crippen LogP) is 2.28. The predicted molar refractivity (Wildman–Crippen MR) is 54.0 cm³/mol. The fraction of sp³-hybridized carbons (Fsp3) is 0.0909. The van der Waals surface area contributed by atoms with E-state index >= 15 is 0 Å². The summed E-state index contributed by atoms with van der Waals surface area (Å²) in [6.45, 7) is 1.56. The van der Waals surface area contributed by atoms with Crippen molar-refractivity contribution in [3.8, 4) is 11.4 Å². The van der Waals surface area contributed by atoms with Crippen LogP contribution < -0.4 is 0 Å². The van der Waals surface area contributed by atoms with E-state index in [2.05, 4.69) is 9.97 Å². The molecule has 0 aliphatic heterocycles. The van der Waals surface area contributed by atoms with Crippen LogP contribution >= 0.6 is 0 Å². The molecule has 1 aromatic heterocycles. The molecule has 0 aliphatic rings. The molecule has 1 N–H and O–H groups in total.